The minimum atomic E-state index is -1.72. The number of unbranched alkanes of at least 4 members (excludes halogenated alkanes) is 1. The fourth-order valence-electron chi connectivity index (χ4n) is 1.90. The van der Waals surface area contributed by atoms with Crippen LogP contribution in [0.15, 0.2) is 0 Å². The van der Waals surface area contributed by atoms with Gasteiger partial charge in [-0.25, -0.2) is 0 Å². The van der Waals surface area contributed by atoms with Crippen molar-refractivity contribution in [2.45, 2.75) is 72.0 Å². The lowest BCUT2D eigenvalue weighted by Crippen LogP contribution is -2.41. The molecule has 0 saturated carbocycles. The van der Waals surface area contributed by atoms with Crippen LogP contribution in [0.2, 0.25) is 18.1 Å². The molecule has 0 amide bonds. The van der Waals surface area contributed by atoms with Gasteiger partial charge in [0.2, 0.25) is 0 Å². The second-order valence-corrected chi connectivity index (χ2v) is 12.5. The van der Waals surface area contributed by atoms with Crippen LogP contribution < -0.4 is 5.73 Å². The van der Waals surface area contributed by atoms with E-state index in [0.717, 1.165) is 19.3 Å². The number of carbonyl (C=O) groups excluding carboxylic acids is 1. The van der Waals surface area contributed by atoms with Gasteiger partial charge >= 0.3 is 5.97 Å². The van der Waals surface area contributed by atoms with Crippen molar-refractivity contribution in [2.75, 3.05) is 19.8 Å². The predicted octanol–water partition coefficient (Wildman–Crippen LogP) is 3.95. The third-order valence-corrected chi connectivity index (χ3v) is 9.37. The zero-order chi connectivity index (χ0) is 17.4. The Morgan fingerprint density at radius 3 is 2.27 bits per heavy atom. The van der Waals surface area contributed by atoms with E-state index in [2.05, 4.69) is 47.7 Å². The van der Waals surface area contributed by atoms with E-state index >= 15 is 0 Å². The van der Waals surface area contributed by atoms with E-state index in [-0.39, 0.29) is 22.8 Å². The largest absolute Gasteiger partial charge is 0.465 e. The van der Waals surface area contributed by atoms with Crippen LogP contribution in [0.25, 0.3) is 0 Å². The molecule has 0 aromatic heterocycles. The number of nitrogens with two attached hydrogens (primary N) is 1. The molecule has 2 atom stereocenters. The molecule has 0 aliphatic carbocycles. The smallest absolute Gasteiger partial charge is 0.310 e. The zero-order valence-corrected chi connectivity index (χ0v) is 16.7. The molecule has 0 aromatic rings. The molecular weight excluding hydrogens is 294 g/mol. The maximum Gasteiger partial charge on any atom is 0.310 e. The molecule has 0 aromatic carbocycles. The van der Waals surface area contributed by atoms with Crippen molar-refractivity contribution in [1.29, 1.82) is 0 Å². The molecule has 0 bridgehead atoms. The lowest BCUT2D eigenvalue weighted by molar-refractivity contribution is -0.150. The molecule has 0 spiro atoms. The van der Waals surface area contributed by atoms with Crippen LogP contribution in [0, 0.1) is 11.8 Å². The highest BCUT2D eigenvalue weighted by Gasteiger charge is 2.37. The molecule has 0 unspecified atom stereocenters. The number of rotatable bonds is 10. The summed E-state index contributed by atoms with van der Waals surface area (Å²) < 4.78 is 11.5. The molecule has 0 saturated heterocycles. The third kappa shape index (κ3) is 7.25. The van der Waals surface area contributed by atoms with Gasteiger partial charge in [0, 0.05) is 13.2 Å². The molecular formula is C17H37NO3Si. The molecule has 0 heterocycles. The molecule has 0 fully saturated rings. The van der Waals surface area contributed by atoms with Gasteiger partial charge in [-0.1, -0.05) is 41.0 Å². The highest BCUT2D eigenvalue weighted by Crippen LogP contribution is 2.36. The first-order valence-corrected chi connectivity index (χ1v) is 11.5. The molecule has 2 N–H and O–H groups in total. The van der Waals surface area contributed by atoms with E-state index in [1.165, 1.54) is 0 Å². The second kappa shape index (κ2) is 9.68. The minimum absolute atomic E-state index is 0.157. The van der Waals surface area contributed by atoms with Crippen molar-refractivity contribution in [2.24, 2.45) is 17.6 Å². The van der Waals surface area contributed by atoms with Crippen molar-refractivity contribution < 1.29 is 14.0 Å². The second-order valence-electron chi connectivity index (χ2n) is 7.74. The molecule has 0 radical (unpaired) electrons. The molecule has 5 heteroatoms. The fraction of sp³-hybridized carbons (Fsp3) is 0.941. The van der Waals surface area contributed by atoms with Gasteiger partial charge in [-0.3, -0.25) is 4.79 Å². The van der Waals surface area contributed by atoms with Gasteiger partial charge in [-0.05, 0) is 36.9 Å². The van der Waals surface area contributed by atoms with E-state index in [1.807, 2.05) is 0 Å². The summed E-state index contributed by atoms with van der Waals surface area (Å²) in [6.45, 7) is 16.9. The van der Waals surface area contributed by atoms with Crippen molar-refractivity contribution >= 4 is 14.3 Å². The summed E-state index contributed by atoms with van der Waals surface area (Å²) in [6, 6.07) is 0. The van der Waals surface area contributed by atoms with Gasteiger partial charge in [-0.15, -0.1) is 0 Å². The van der Waals surface area contributed by atoms with Crippen LogP contribution >= 0.6 is 0 Å². The number of hydrogen-bond acceptors (Lipinski definition) is 4. The quantitative estimate of drug-likeness (QED) is 0.374. The molecule has 132 valence electrons. The number of esters is 1. The lowest BCUT2D eigenvalue weighted by atomic mass is 9.91. The third-order valence-electron chi connectivity index (χ3n) is 4.83. The Kier molecular flexibility index (Phi) is 9.51. The summed E-state index contributed by atoms with van der Waals surface area (Å²) >= 11 is 0. The molecule has 4 nitrogen and oxygen atoms in total. The summed E-state index contributed by atoms with van der Waals surface area (Å²) in [5.41, 5.74) is 5.77. The SMILES string of the molecule is CCCCOC(=O)[C@H](CN)[C@H](C)CCO[Si](C)(C)C(C)(C)C. The average Bonchev–Trinajstić information content (AvgIpc) is 2.38. The minimum Gasteiger partial charge on any atom is -0.465 e. The van der Waals surface area contributed by atoms with Crippen molar-refractivity contribution in [3.63, 3.8) is 0 Å². The van der Waals surface area contributed by atoms with Crippen LogP contribution in [0.4, 0.5) is 0 Å². The topological polar surface area (TPSA) is 61.5 Å². The van der Waals surface area contributed by atoms with Crippen LogP contribution in [0.3, 0.4) is 0 Å². The Morgan fingerprint density at radius 1 is 1.23 bits per heavy atom. The average molecular weight is 332 g/mol. The molecule has 0 rings (SSSR count). The highest BCUT2D eigenvalue weighted by molar-refractivity contribution is 6.74. The van der Waals surface area contributed by atoms with E-state index in [4.69, 9.17) is 14.9 Å². The Balaban J connectivity index is 4.32. The fourth-order valence-corrected chi connectivity index (χ4v) is 2.96. The standard InChI is InChI=1S/C17H37NO3Si/c1-8-9-11-20-16(19)15(13-18)14(2)10-12-21-22(6,7)17(3,4)5/h14-15H,8-13,18H2,1-7H3/t14-,15-/m1/s1. The van der Waals surface area contributed by atoms with Gasteiger partial charge in [0.1, 0.15) is 0 Å². The van der Waals surface area contributed by atoms with Gasteiger partial charge < -0.3 is 14.9 Å². The first-order chi connectivity index (χ1) is 10.1. The van der Waals surface area contributed by atoms with Crippen LogP contribution in [-0.2, 0) is 14.0 Å². The van der Waals surface area contributed by atoms with Gasteiger partial charge in [0.05, 0.1) is 12.5 Å². The lowest BCUT2D eigenvalue weighted by Gasteiger charge is -2.36. The Bertz CT molecular complexity index is 326. The number of carbonyl (C=O) groups is 1. The van der Waals surface area contributed by atoms with Crippen molar-refractivity contribution in [1.82, 2.24) is 0 Å². The van der Waals surface area contributed by atoms with E-state index in [9.17, 15) is 4.79 Å². The Morgan fingerprint density at radius 2 is 1.82 bits per heavy atom. The first-order valence-electron chi connectivity index (χ1n) is 8.57. The van der Waals surface area contributed by atoms with Crippen LogP contribution in [0.5, 0.6) is 0 Å². The van der Waals surface area contributed by atoms with Crippen LogP contribution in [0.1, 0.15) is 53.9 Å². The van der Waals surface area contributed by atoms with E-state index in [1.54, 1.807) is 0 Å². The molecule has 22 heavy (non-hydrogen) atoms. The molecule has 0 aliphatic heterocycles. The van der Waals surface area contributed by atoms with Gasteiger partial charge in [0.15, 0.2) is 8.32 Å². The Labute approximate surface area is 138 Å². The van der Waals surface area contributed by atoms with Crippen LogP contribution in [-0.4, -0.2) is 34.0 Å². The summed E-state index contributed by atoms with van der Waals surface area (Å²) in [7, 11) is -1.72. The predicted molar refractivity (Wildman–Crippen MR) is 95.3 cm³/mol. The van der Waals surface area contributed by atoms with E-state index in [0.29, 0.717) is 19.8 Å². The van der Waals surface area contributed by atoms with E-state index < -0.39 is 8.32 Å². The summed E-state index contributed by atoms with van der Waals surface area (Å²) in [6.07, 6.45) is 2.78. The zero-order valence-electron chi connectivity index (χ0n) is 15.7. The normalized spacial score (nSPS) is 15.5. The summed E-state index contributed by atoms with van der Waals surface area (Å²) in [5, 5.41) is 0.211. The Hall–Kier alpha value is -0.393. The highest BCUT2D eigenvalue weighted by atomic mass is 28.4. The van der Waals surface area contributed by atoms with Gasteiger partial charge in [-0.2, -0.15) is 0 Å². The summed E-state index contributed by atoms with van der Waals surface area (Å²) in [4.78, 5) is 12.1. The monoisotopic (exact) mass is 331 g/mol. The maximum absolute atomic E-state index is 12.1. The number of hydrogen-bond donors (Lipinski definition) is 1. The first kappa shape index (κ1) is 21.6. The summed E-state index contributed by atoms with van der Waals surface area (Å²) in [5.74, 6) is -0.195. The molecule has 0 aliphatic rings. The van der Waals surface area contributed by atoms with Crippen molar-refractivity contribution in [3.05, 3.63) is 0 Å². The van der Waals surface area contributed by atoms with Gasteiger partial charge in [0.25, 0.3) is 0 Å². The van der Waals surface area contributed by atoms with Crippen molar-refractivity contribution in [3.8, 4) is 0 Å². The number of ether oxygens (including phenoxy) is 1. The maximum atomic E-state index is 12.1.